The fourth-order valence-corrected chi connectivity index (χ4v) is 3.17. The number of carbonyl (C=O) groups is 3. The van der Waals surface area contributed by atoms with Gasteiger partial charge in [0.15, 0.2) is 11.9 Å². The largest absolute Gasteiger partial charge is 0.491 e. The molecule has 0 saturated carbocycles. The maximum Gasteiger partial charge on any atom is 0.412 e. The number of aliphatic hydroxyl groups is 1. The van der Waals surface area contributed by atoms with Crippen LogP contribution in [0.5, 0.6) is 5.75 Å². The van der Waals surface area contributed by atoms with Crippen LogP contribution in [0.15, 0.2) is 48.5 Å². The molecule has 0 unspecified atom stereocenters. The Kier molecular flexibility index (Phi) is 11.4. The van der Waals surface area contributed by atoms with Crippen molar-refractivity contribution >= 4 is 36.2 Å². The minimum Gasteiger partial charge on any atom is -0.491 e. The molecule has 2 N–H and O–H groups in total. The number of hydrogen-bond donors (Lipinski definition) is 3. The van der Waals surface area contributed by atoms with Gasteiger partial charge >= 0.3 is 12.1 Å². The van der Waals surface area contributed by atoms with Gasteiger partial charge in [0.2, 0.25) is 0 Å². The lowest BCUT2D eigenvalue weighted by atomic mass is 10.0. The predicted molar refractivity (Wildman–Crippen MR) is 129 cm³/mol. The Hall–Kier alpha value is -3.08. The Morgan fingerprint density at radius 3 is 2.44 bits per heavy atom. The Balaban J connectivity index is 2.20. The Morgan fingerprint density at radius 1 is 1.09 bits per heavy atom. The number of ether oxygens (including phenoxy) is 4. The zero-order valence-electron chi connectivity index (χ0n) is 19.1. The minimum atomic E-state index is -0.867. The highest BCUT2D eigenvalue weighted by atomic mass is 32.1. The van der Waals surface area contributed by atoms with E-state index in [0.29, 0.717) is 22.6 Å². The van der Waals surface area contributed by atoms with E-state index in [-0.39, 0.29) is 37.8 Å². The first kappa shape index (κ1) is 27.2. The monoisotopic (exact) mass is 491 g/mol. The summed E-state index contributed by atoms with van der Waals surface area (Å²) in [5.41, 5.74) is 1.56. The number of hydrogen-bond acceptors (Lipinski definition) is 9. The van der Waals surface area contributed by atoms with Crippen molar-refractivity contribution < 1.29 is 38.4 Å². The number of rotatable bonds is 13. The van der Waals surface area contributed by atoms with Crippen LogP contribution in [0.25, 0.3) is 0 Å². The molecule has 0 spiro atoms. The molecule has 184 valence electrons. The lowest BCUT2D eigenvalue weighted by Gasteiger charge is -2.27. The summed E-state index contributed by atoms with van der Waals surface area (Å²) < 4.78 is 21.8. The molecule has 0 aliphatic heterocycles. The number of Topliss-reactive ketones (excluding diaryl/α,β-unsaturated/α-hetero) is 1. The molecule has 0 fully saturated rings. The van der Waals surface area contributed by atoms with E-state index in [1.165, 1.54) is 14.0 Å². The number of nitrogens with one attached hydrogen (secondary N) is 1. The van der Waals surface area contributed by atoms with E-state index >= 15 is 0 Å². The van der Waals surface area contributed by atoms with Gasteiger partial charge in [-0.1, -0.05) is 12.1 Å². The van der Waals surface area contributed by atoms with Gasteiger partial charge in [0.05, 0.1) is 19.0 Å². The number of thiol groups is 1. The van der Waals surface area contributed by atoms with Crippen molar-refractivity contribution in [3.8, 4) is 5.75 Å². The molecule has 9 nitrogen and oxygen atoms in total. The van der Waals surface area contributed by atoms with E-state index in [4.69, 9.17) is 24.1 Å². The van der Waals surface area contributed by atoms with Crippen LogP contribution >= 0.6 is 12.6 Å². The fourth-order valence-electron chi connectivity index (χ4n) is 3.08. The Bertz CT molecular complexity index is 950. The van der Waals surface area contributed by atoms with Gasteiger partial charge in [0.25, 0.3) is 0 Å². The van der Waals surface area contributed by atoms with Gasteiger partial charge < -0.3 is 24.1 Å². The fraction of sp³-hybridized carbons (Fsp3) is 0.375. The molecule has 0 bridgehead atoms. The molecular weight excluding hydrogens is 462 g/mol. The summed E-state index contributed by atoms with van der Waals surface area (Å²) in [7, 11) is 1.46. The zero-order valence-corrected chi connectivity index (χ0v) is 20.0. The third kappa shape index (κ3) is 8.69. The summed E-state index contributed by atoms with van der Waals surface area (Å²) in [4.78, 5) is 35.6. The van der Waals surface area contributed by atoms with Crippen molar-refractivity contribution in [1.29, 1.82) is 0 Å². The van der Waals surface area contributed by atoms with E-state index in [1.54, 1.807) is 48.5 Å². The molecule has 0 aromatic heterocycles. The van der Waals surface area contributed by atoms with E-state index in [1.807, 2.05) is 0 Å². The molecule has 0 radical (unpaired) electrons. The topological polar surface area (TPSA) is 120 Å². The maximum absolute atomic E-state index is 12.7. The van der Waals surface area contributed by atoms with Crippen molar-refractivity contribution in [2.75, 3.05) is 38.0 Å². The van der Waals surface area contributed by atoms with Crippen LogP contribution in [0.2, 0.25) is 0 Å². The third-order valence-corrected chi connectivity index (χ3v) is 5.01. The predicted octanol–water partition coefficient (Wildman–Crippen LogP) is 3.43. The number of amides is 1. The molecule has 2 rings (SSSR count). The van der Waals surface area contributed by atoms with Crippen LogP contribution in [0, 0.1) is 0 Å². The van der Waals surface area contributed by atoms with Crippen LogP contribution in [-0.4, -0.2) is 61.7 Å². The van der Waals surface area contributed by atoms with Gasteiger partial charge in [0, 0.05) is 24.8 Å². The number of methoxy groups -OCH3 is 1. The van der Waals surface area contributed by atoms with Crippen LogP contribution in [-0.2, 0) is 19.0 Å². The molecule has 2 atom stereocenters. The standard InChI is InChI=1S/C24H29NO8S/c1-16(27)17-6-8-19(9-7-17)25-24(29)33-23(21(30-2)10-12-32-22(28)15-34)18-4-3-5-20(14-18)31-13-11-26/h3-9,14,21,23,26,34H,10-13,15H2,1-2H3,(H,25,29)/t21-,23-/m0/s1. The molecular formula is C24H29NO8S. The summed E-state index contributed by atoms with van der Waals surface area (Å²) in [5, 5.41) is 11.6. The van der Waals surface area contributed by atoms with E-state index in [2.05, 4.69) is 17.9 Å². The van der Waals surface area contributed by atoms with Crippen molar-refractivity contribution in [2.45, 2.75) is 25.6 Å². The van der Waals surface area contributed by atoms with Crippen molar-refractivity contribution in [2.24, 2.45) is 0 Å². The molecule has 0 heterocycles. The number of aliphatic hydroxyl groups excluding tert-OH is 1. The smallest absolute Gasteiger partial charge is 0.412 e. The second-order valence-electron chi connectivity index (χ2n) is 7.17. The van der Waals surface area contributed by atoms with Crippen molar-refractivity contribution in [1.82, 2.24) is 0 Å². The van der Waals surface area contributed by atoms with Crippen molar-refractivity contribution in [3.63, 3.8) is 0 Å². The van der Waals surface area contributed by atoms with Gasteiger partial charge in [-0.25, -0.2) is 4.79 Å². The first-order valence-corrected chi connectivity index (χ1v) is 11.2. The zero-order chi connectivity index (χ0) is 24.9. The van der Waals surface area contributed by atoms with Gasteiger partial charge in [-0.2, -0.15) is 12.6 Å². The lowest BCUT2D eigenvalue weighted by molar-refractivity contribution is -0.141. The molecule has 0 saturated heterocycles. The van der Waals surface area contributed by atoms with Gasteiger partial charge in [-0.05, 0) is 48.9 Å². The number of ketones is 1. The summed E-state index contributed by atoms with van der Waals surface area (Å²) in [5.74, 6) is -0.121. The van der Waals surface area contributed by atoms with Gasteiger partial charge in [-0.3, -0.25) is 14.9 Å². The molecule has 2 aromatic rings. The average molecular weight is 492 g/mol. The second-order valence-corrected chi connectivity index (χ2v) is 7.49. The molecule has 0 aliphatic carbocycles. The van der Waals surface area contributed by atoms with Crippen LogP contribution in [0.3, 0.4) is 0 Å². The Labute approximate surface area is 203 Å². The van der Waals surface area contributed by atoms with E-state index in [0.717, 1.165) is 0 Å². The second kappa shape index (κ2) is 14.2. The summed E-state index contributed by atoms with van der Waals surface area (Å²) in [6.45, 7) is 1.47. The minimum absolute atomic E-state index is 0.0482. The van der Waals surface area contributed by atoms with Crippen LogP contribution < -0.4 is 10.1 Å². The van der Waals surface area contributed by atoms with Crippen molar-refractivity contribution in [3.05, 3.63) is 59.7 Å². The third-order valence-electron chi connectivity index (χ3n) is 4.75. The molecule has 1 amide bonds. The number of carbonyl (C=O) groups excluding carboxylic acids is 3. The lowest BCUT2D eigenvalue weighted by Crippen LogP contribution is -2.29. The molecule has 10 heteroatoms. The highest BCUT2D eigenvalue weighted by molar-refractivity contribution is 7.81. The van der Waals surface area contributed by atoms with E-state index in [9.17, 15) is 14.4 Å². The number of benzene rings is 2. The van der Waals surface area contributed by atoms with Crippen LogP contribution in [0.1, 0.15) is 35.4 Å². The summed E-state index contributed by atoms with van der Waals surface area (Å²) in [6.07, 6.45) is -2.00. The van der Waals surface area contributed by atoms with Crippen LogP contribution in [0.4, 0.5) is 10.5 Å². The Morgan fingerprint density at radius 2 is 1.82 bits per heavy atom. The highest BCUT2D eigenvalue weighted by Gasteiger charge is 2.28. The number of anilines is 1. The quantitative estimate of drug-likeness (QED) is 0.221. The average Bonchev–Trinajstić information content (AvgIpc) is 2.84. The summed E-state index contributed by atoms with van der Waals surface area (Å²) >= 11 is 3.88. The SMILES string of the molecule is CO[C@@H](CCOC(=O)CS)[C@@H](OC(=O)Nc1ccc(C(C)=O)cc1)c1cccc(OCCO)c1. The van der Waals surface area contributed by atoms with Gasteiger partial charge in [0.1, 0.15) is 18.5 Å². The first-order chi connectivity index (χ1) is 16.4. The van der Waals surface area contributed by atoms with E-state index < -0.39 is 24.3 Å². The molecule has 0 aliphatic rings. The van der Waals surface area contributed by atoms with Gasteiger partial charge in [-0.15, -0.1) is 0 Å². The molecule has 2 aromatic carbocycles. The number of esters is 1. The molecule has 34 heavy (non-hydrogen) atoms. The normalized spacial score (nSPS) is 12.4. The highest BCUT2D eigenvalue weighted by Crippen LogP contribution is 2.29. The summed E-state index contributed by atoms with van der Waals surface area (Å²) in [6, 6.07) is 13.3. The maximum atomic E-state index is 12.7. The first-order valence-electron chi connectivity index (χ1n) is 10.6.